The van der Waals surface area contributed by atoms with Crippen molar-refractivity contribution in [1.29, 1.82) is 0 Å². The Balaban J connectivity index is 1.60. The number of fused-ring (bicyclic) bond motifs is 1. The number of hydrogen-bond donors (Lipinski definition) is 1. The van der Waals surface area contributed by atoms with Crippen LogP contribution in [0.5, 0.6) is 0 Å². The molecule has 236 valence electrons. The highest BCUT2D eigenvalue weighted by Crippen LogP contribution is 2.33. The molecule has 3 aromatic carbocycles. The highest BCUT2D eigenvalue weighted by Gasteiger charge is 2.38. The van der Waals surface area contributed by atoms with Crippen molar-refractivity contribution in [2.75, 3.05) is 30.2 Å². The van der Waals surface area contributed by atoms with Gasteiger partial charge in [-0.3, -0.25) is 9.47 Å². The minimum atomic E-state index is -0.961. The number of ether oxygens (including phenoxy) is 1. The van der Waals surface area contributed by atoms with Gasteiger partial charge in [-0.05, 0) is 72.9 Å². The van der Waals surface area contributed by atoms with Crippen molar-refractivity contribution in [1.82, 2.24) is 14.5 Å². The van der Waals surface area contributed by atoms with Gasteiger partial charge in [0.05, 0.1) is 29.6 Å². The molecule has 1 aliphatic heterocycles. The second kappa shape index (κ2) is 14.2. The first kappa shape index (κ1) is 32.1. The molecule has 45 heavy (non-hydrogen) atoms. The number of aryl methyl sites for hydroxylation is 2. The number of hydrogen-bond acceptors (Lipinski definition) is 6. The number of carboxylic acids is 1. The minimum absolute atomic E-state index is 0.210. The lowest BCUT2D eigenvalue weighted by atomic mass is 9.95. The zero-order chi connectivity index (χ0) is 32.1. The first-order chi connectivity index (χ1) is 21.8. The van der Waals surface area contributed by atoms with Crippen molar-refractivity contribution in [3.05, 3.63) is 77.6 Å². The Labute approximate surface area is 268 Å². The average Bonchev–Trinajstić information content (AvgIpc) is 3.68. The average molecular weight is 629 g/mol. The molecule has 4 aromatic rings. The Morgan fingerprint density at radius 1 is 1.02 bits per heavy atom. The number of aromatic nitrogens is 2. The molecule has 0 bridgehead atoms. The smallest absolute Gasteiger partial charge is 0.336 e. The summed E-state index contributed by atoms with van der Waals surface area (Å²) in [5.41, 5.74) is 6.11. The third-order valence-electron chi connectivity index (χ3n) is 8.26. The summed E-state index contributed by atoms with van der Waals surface area (Å²) in [5.74, 6) is 0.507. The summed E-state index contributed by atoms with van der Waals surface area (Å²) in [7, 11) is 1.35. The van der Waals surface area contributed by atoms with Crippen LogP contribution in [-0.2, 0) is 16.0 Å². The van der Waals surface area contributed by atoms with E-state index in [9.17, 15) is 19.5 Å². The molecule has 2 heterocycles. The third-order valence-corrected chi connectivity index (χ3v) is 9.27. The van der Waals surface area contributed by atoms with Crippen LogP contribution in [0.25, 0.3) is 27.8 Å². The number of imidazole rings is 1. The number of benzene rings is 3. The van der Waals surface area contributed by atoms with E-state index in [4.69, 9.17) is 9.72 Å². The number of anilines is 1. The van der Waals surface area contributed by atoms with Gasteiger partial charge in [-0.1, -0.05) is 51.0 Å². The maximum absolute atomic E-state index is 14.0. The molecule has 0 radical (unpaired) electrons. The topological polar surface area (TPSA) is 105 Å². The Kier molecular flexibility index (Phi) is 10.1. The molecule has 2 amide bonds. The standard InChI is InChI=1S/C35H40N4O5S/c1-5-7-13-32-36-29-17-15-24(37(18-8-6-2)35(43)38-22-45-21-31(38)34(42)44-4)20-30(29)39(32)25-14-16-26(23(3)19-25)27-11-9-10-12-28(27)33(40)41/h9-12,14-17,19-20,31H,5-8,13,18,21-22H2,1-4H3,(H,40,41). The van der Waals surface area contributed by atoms with Crippen LogP contribution in [0.3, 0.4) is 0 Å². The van der Waals surface area contributed by atoms with Crippen LogP contribution in [-0.4, -0.2) is 68.9 Å². The molecule has 9 nitrogen and oxygen atoms in total. The van der Waals surface area contributed by atoms with Gasteiger partial charge >= 0.3 is 18.0 Å². The SMILES string of the molecule is CCCCc1nc2ccc(N(CCCC)C(=O)N3CSCC3C(=O)OC)cc2n1-c1ccc(-c2ccccc2C(=O)O)c(C)c1. The summed E-state index contributed by atoms with van der Waals surface area (Å²) in [4.78, 5) is 46.8. The molecular formula is C35H40N4O5S. The summed E-state index contributed by atoms with van der Waals surface area (Å²) in [6.45, 7) is 6.75. The summed E-state index contributed by atoms with van der Waals surface area (Å²) < 4.78 is 7.15. The van der Waals surface area contributed by atoms with Crippen molar-refractivity contribution in [3.63, 3.8) is 0 Å². The fourth-order valence-electron chi connectivity index (χ4n) is 5.83. The first-order valence-corrected chi connectivity index (χ1v) is 16.6. The lowest BCUT2D eigenvalue weighted by molar-refractivity contribution is -0.144. The number of thioether (sulfide) groups is 1. The Bertz CT molecular complexity index is 1720. The number of carboxylic acid groups (broad SMARTS) is 1. The number of urea groups is 1. The maximum Gasteiger partial charge on any atom is 0.336 e. The molecule has 1 aliphatic rings. The van der Waals surface area contributed by atoms with Gasteiger partial charge in [-0.2, -0.15) is 0 Å². The number of carbonyl (C=O) groups is 3. The van der Waals surface area contributed by atoms with E-state index >= 15 is 0 Å². The fourth-order valence-corrected chi connectivity index (χ4v) is 6.97. The molecular weight excluding hydrogens is 588 g/mol. The Morgan fingerprint density at radius 2 is 1.80 bits per heavy atom. The second-order valence-corrected chi connectivity index (χ2v) is 12.3. The largest absolute Gasteiger partial charge is 0.478 e. The van der Waals surface area contributed by atoms with Gasteiger partial charge in [0.25, 0.3) is 0 Å². The van der Waals surface area contributed by atoms with Crippen molar-refractivity contribution in [2.45, 2.75) is 58.9 Å². The van der Waals surface area contributed by atoms with Gasteiger partial charge < -0.3 is 14.7 Å². The number of nitrogens with zero attached hydrogens (tertiary/aromatic N) is 4. The van der Waals surface area contributed by atoms with Crippen molar-refractivity contribution < 1.29 is 24.2 Å². The second-order valence-electron chi connectivity index (χ2n) is 11.3. The number of amides is 2. The molecule has 1 aromatic heterocycles. The minimum Gasteiger partial charge on any atom is -0.478 e. The van der Waals surface area contributed by atoms with E-state index in [1.165, 1.54) is 7.11 Å². The van der Waals surface area contributed by atoms with Crippen LogP contribution in [0, 0.1) is 6.92 Å². The van der Waals surface area contributed by atoms with Crippen LogP contribution < -0.4 is 4.90 Å². The number of carbonyl (C=O) groups excluding carboxylic acids is 2. The van der Waals surface area contributed by atoms with Crippen LogP contribution in [0.15, 0.2) is 60.7 Å². The van der Waals surface area contributed by atoms with Crippen LogP contribution in [0.1, 0.15) is 61.3 Å². The molecule has 0 saturated carbocycles. The zero-order valence-corrected chi connectivity index (χ0v) is 27.1. The molecule has 1 fully saturated rings. The van der Waals surface area contributed by atoms with E-state index in [-0.39, 0.29) is 11.6 Å². The van der Waals surface area contributed by atoms with Gasteiger partial charge in [0.15, 0.2) is 0 Å². The van der Waals surface area contributed by atoms with E-state index in [1.807, 2.05) is 49.4 Å². The van der Waals surface area contributed by atoms with Crippen LogP contribution in [0.2, 0.25) is 0 Å². The molecule has 1 unspecified atom stereocenters. The molecule has 0 spiro atoms. The monoisotopic (exact) mass is 628 g/mol. The Morgan fingerprint density at radius 3 is 2.51 bits per heavy atom. The lowest BCUT2D eigenvalue weighted by Gasteiger charge is -2.30. The van der Waals surface area contributed by atoms with E-state index < -0.39 is 18.0 Å². The van der Waals surface area contributed by atoms with Gasteiger partial charge in [0.2, 0.25) is 0 Å². The Hall–Kier alpha value is -4.31. The van der Waals surface area contributed by atoms with Crippen LogP contribution >= 0.6 is 11.8 Å². The molecule has 1 atom stereocenters. The number of rotatable bonds is 11. The number of methoxy groups -OCH3 is 1. The van der Waals surface area contributed by atoms with Crippen LogP contribution in [0.4, 0.5) is 10.5 Å². The fraction of sp³-hybridized carbons (Fsp3) is 0.371. The number of esters is 1. The van der Waals surface area contributed by atoms with Crippen molar-refractivity contribution in [3.8, 4) is 16.8 Å². The van der Waals surface area contributed by atoms with Gasteiger partial charge in [0.1, 0.15) is 11.9 Å². The molecule has 10 heteroatoms. The molecule has 0 aliphatic carbocycles. The first-order valence-electron chi connectivity index (χ1n) is 15.5. The normalized spacial score (nSPS) is 14.6. The molecule has 5 rings (SSSR count). The summed E-state index contributed by atoms with van der Waals surface area (Å²) >= 11 is 1.55. The number of unbranched alkanes of at least 4 members (excludes halogenated alkanes) is 2. The predicted molar refractivity (Wildman–Crippen MR) is 179 cm³/mol. The quantitative estimate of drug-likeness (QED) is 0.174. The van der Waals surface area contributed by atoms with E-state index in [0.29, 0.717) is 23.7 Å². The van der Waals surface area contributed by atoms with Crippen molar-refractivity contribution in [2.24, 2.45) is 0 Å². The predicted octanol–water partition coefficient (Wildman–Crippen LogP) is 7.32. The van der Waals surface area contributed by atoms with Gasteiger partial charge in [-0.15, -0.1) is 11.8 Å². The number of aromatic carboxylic acids is 1. The summed E-state index contributed by atoms with van der Waals surface area (Å²) in [5, 5.41) is 9.78. The summed E-state index contributed by atoms with van der Waals surface area (Å²) in [6, 6.07) is 18.2. The summed E-state index contributed by atoms with van der Waals surface area (Å²) in [6.07, 6.45) is 4.51. The van der Waals surface area contributed by atoms with Gasteiger partial charge in [-0.25, -0.2) is 19.4 Å². The highest BCUT2D eigenvalue weighted by molar-refractivity contribution is 7.99. The molecule has 1 saturated heterocycles. The zero-order valence-electron chi connectivity index (χ0n) is 26.3. The maximum atomic E-state index is 14.0. The van der Waals surface area contributed by atoms with Gasteiger partial charge in [0, 0.05) is 30.1 Å². The van der Waals surface area contributed by atoms with Crippen molar-refractivity contribution >= 4 is 46.5 Å². The lowest BCUT2D eigenvalue weighted by Crippen LogP contribution is -2.49. The van der Waals surface area contributed by atoms with E-state index in [2.05, 4.69) is 24.5 Å². The van der Waals surface area contributed by atoms with E-state index in [0.717, 1.165) is 71.5 Å². The molecule has 1 N–H and O–H groups in total. The highest BCUT2D eigenvalue weighted by atomic mass is 32.2. The third kappa shape index (κ3) is 6.56. The van der Waals surface area contributed by atoms with E-state index in [1.54, 1.807) is 33.7 Å².